The molecule has 2 rings (SSSR count). The van der Waals surface area contributed by atoms with Crippen molar-refractivity contribution in [2.45, 2.75) is 19.8 Å². The number of nitrogens with one attached hydrogen (secondary N) is 1. The van der Waals surface area contributed by atoms with Gasteiger partial charge < -0.3 is 15.3 Å². The third-order valence-corrected chi connectivity index (χ3v) is 4.61. The van der Waals surface area contributed by atoms with E-state index in [0.717, 1.165) is 10.0 Å². The Balaban J connectivity index is 2.07. The van der Waals surface area contributed by atoms with Gasteiger partial charge in [0.15, 0.2) is 0 Å². The number of benzene rings is 1. The minimum Gasteiger partial charge on any atom is -0.481 e. The zero-order valence-corrected chi connectivity index (χ0v) is 13.9. The van der Waals surface area contributed by atoms with Gasteiger partial charge in [-0.15, -0.1) is 0 Å². The van der Waals surface area contributed by atoms with E-state index in [4.69, 9.17) is 16.7 Å². The van der Waals surface area contributed by atoms with Crippen LogP contribution in [0.15, 0.2) is 16.6 Å². The van der Waals surface area contributed by atoms with E-state index in [1.807, 2.05) is 13.0 Å². The highest BCUT2D eigenvalue weighted by atomic mass is 79.9. The van der Waals surface area contributed by atoms with E-state index in [-0.39, 0.29) is 12.6 Å². The van der Waals surface area contributed by atoms with E-state index in [1.54, 1.807) is 6.07 Å². The van der Waals surface area contributed by atoms with Gasteiger partial charge in [-0.1, -0.05) is 11.6 Å². The number of carboxylic acid groups (broad SMARTS) is 1. The van der Waals surface area contributed by atoms with Gasteiger partial charge in [-0.2, -0.15) is 0 Å². The van der Waals surface area contributed by atoms with Gasteiger partial charge in [-0.05, 0) is 53.4 Å². The van der Waals surface area contributed by atoms with Gasteiger partial charge in [-0.3, -0.25) is 4.79 Å². The van der Waals surface area contributed by atoms with Crippen LogP contribution in [0.25, 0.3) is 0 Å². The molecule has 1 fully saturated rings. The third kappa shape index (κ3) is 3.89. The molecule has 1 atom stereocenters. The average Bonchev–Trinajstić information content (AvgIpc) is 2.44. The fourth-order valence-corrected chi connectivity index (χ4v) is 3.02. The van der Waals surface area contributed by atoms with Crippen LogP contribution >= 0.6 is 27.5 Å². The molecule has 1 saturated heterocycles. The average molecular weight is 376 g/mol. The molecular formula is C14H16BrClN2O3. The van der Waals surface area contributed by atoms with Crippen molar-refractivity contribution in [2.24, 2.45) is 5.92 Å². The number of piperidine rings is 1. The van der Waals surface area contributed by atoms with E-state index in [0.29, 0.717) is 30.1 Å². The van der Waals surface area contributed by atoms with E-state index < -0.39 is 11.9 Å². The second-order valence-corrected chi connectivity index (χ2v) is 6.40. The maximum atomic E-state index is 12.2. The molecule has 5 nitrogen and oxygen atoms in total. The lowest BCUT2D eigenvalue weighted by Crippen LogP contribution is -2.44. The van der Waals surface area contributed by atoms with Gasteiger partial charge in [0.25, 0.3) is 0 Å². The Morgan fingerprint density at radius 1 is 1.48 bits per heavy atom. The monoisotopic (exact) mass is 374 g/mol. The van der Waals surface area contributed by atoms with Crippen molar-refractivity contribution < 1.29 is 14.7 Å². The number of rotatable bonds is 2. The van der Waals surface area contributed by atoms with Crippen molar-refractivity contribution in [1.82, 2.24) is 4.90 Å². The molecule has 1 aliphatic heterocycles. The van der Waals surface area contributed by atoms with E-state index in [2.05, 4.69) is 21.2 Å². The van der Waals surface area contributed by atoms with Crippen LogP contribution in [0.3, 0.4) is 0 Å². The molecule has 1 aromatic carbocycles. The second-order valence-electron chi connectivity index (χ2n) is 5.13. The smallest absolute Gasteiger partial charge is 0.321 e. The molecule has 114 valence electrons. The third-order valence-electron chi connectivity index (χ3n) is 3.55. The zero-order chi connectivity index (χ0) is 15.6. The highest BCUT2D eigenvalue weighted by molar-refractivity contribution is 9.10. The van der Waals surface area contributed by atoms with Crippen LogP contribution in [0, 0.1) is 12.8 Å². The van der Waals surface area contributed by atoms with E-state index in [9.17, 15) is 9.59 Å². The van der Waals surface area contributed by atoms with Crippen LogP contribution in [0.4, 0.5) is 10.5 Å². The van der Waals surface area contributed by atoms with Crippen LogP contribution in [0.1, 0.15) is 18.4 Å². The first-order valence-corrected chi connectivity index (χ1v) is 7.80. The minimum absolute atomic E-state index is 0.235. The van der Waals surface area contributed by atoms with Crippen molar-refractivity contribution >= 4 is 45.2 Å². The number of nitrogens with zero attached hydrogens (tertiary/aromatic N) is 1. The molecule has 0 bridgehead atoms. The summed E-state index contributed by atoms with van der Waals surface area (Å²) in [5, 5.41) is 12.4. The number of hydrogen-bond acceptors (Lipinski definition) is 2. The highest BCUT2D eigenvalue weighted by Crippen LogP contribution is 2.29. The Hall–Kier alpha value is -1.27. The molecule has 2 N–H and O–H groups in total. The number of hydrogen-bond donors (Lipinski definition) is 2. The van der Waals surface area contributed by atoms with Crippen molar-refractivity contribution in [1.29, 1.82) is 0 Å². The summed E-state index contributed by atoms with van der Waals surface area (Å²) in [6, 6.07) is 3.20. The molecule has 0 saturated carbocycles. The zero-order valence-electron chi connectivity index (χ0n) is 11.5. The first kappa shape index (κ1) is 16.1. The van der Waals surface area contributed by atoms with Crippen molar-refractivity contribution in [2.75, 3.05) is 18.4 Å². The van der Waals surface area contributed by atoms with Crippen molar-refractivity contribution in [3.05, 3.63) is 27.2 Å². The minimum atomic E-state index is -0.855. The van der Waals surface area contributed by atoms with Gasteiger partial charge in [0, 0.05) is 22.6 Å². The Labute approximate surface area is 136 Å². The van der Waals surface area contributed by atoms with Gasteiger partial charge in [0.1, 0.15) is 0 Å². The number of anilines is 1. The summed E-state index contributed by atoms with van der Waals surface area (Å²) in [7, 11) is 0. The number of carbonyl (C=O) groups is 2. The highest BCUT2D eigenvalue weighted by Gasteiger charge is 2.28. The molecule has 0 unspecified atom stereocenters. The van der Waals surface area contributed by atoms with Crippen LogP contribution in [0.2, 0.25) is 5.02 Å². The van der Waals surface area contributed by atoms with Gasteiger partial charge >= 0.3 is 12.0 Å². The van der Waals surface area contributed by atoms with Crippen LogP contribution in [-0.2, 0) is 4.79 Å². The van der Waals surface area contributed by atoms with Gasteiger partial charge in [0.2, 0.25) is 0 Å². The summed E-state index contributed by atoms with van der Waals surface area (Å²) in [6.45, 7) is 2.67. The van der Waals surface area contributed by atoms with E-state index >= 15 is 0 Å². The lowest BCUT2D eigenvalue weighted by atomic mass is 9.99. The molecule has 2 amide bonds. The van der Waals surface area contributed by atoms with Crippen LogP contribution < -0.4 is 5.32 Å². The Bertz CT molecular complexity index is 580. The fourth-order valence-electron chi connectivity index (χ4n) is 2.30. The number of likely N-dealkylation sites (tertiary alicyclic amines) is 1. The molecule has 21 heavy (non-hydrogen) atoms. The maximum Gasteiger partial charge on any atom is 0.321 e. The molecule has 0 spiro atoms. The number of aliphatic carboxylic acids is 1. The SMILES string of the molecule is Cc1cc(Br)c(NC(=O)N2CCC[C@H](C(=O)O)C2)cc1Cl. The van der Waals surface area contributed by atoms with Crippen LogP contribution in [-0.4, -0.2) is 35.1 Å². The first-order valence-electron chi connectivity index (χ1n) is 6.63. The summed E-state index contributed by atoms with van der Waals surface area (Å²) in [5.74, 6) is -1.35. The quantitative estimate of drug-likeness (QED) is 0.827. The van der Waals surface area contributed by atoms with Crippen molar-refractivity contribution in [3.8, 4) is 0 Å². The van der Waals surface area contributed by atoms with E-state index in [1.165, 1.54) is 4.90 Å². The normalized spacial score (nSPS) is 18.4. The summed E-state index contributed by atoms with van der Waals surface area (Å²) >= 11 is 9.44. The molecule has 1 heterocycles. The molecule has 0 radical (unpaired) electrons. The molecule has 0 aliphatic carbocycles. The lowest BCUT2D eigenvalue weighted by molar-refractivity contribution is -0.143. The van der Waals surface area contributed by atoms with Gasteiger partial charge in [0.05, 0.1) is 11.6 Å². The fraction of sp³-hybridized carbons (Fsp3) is 0.429. The maximum absolute atomic E-state index is 12.2. The number of carbonyl (C=O) groups excluding carboxylic acids is 1. The predicted molar refractivity (Wildman–Crippen MR) is 84.8 cm³/mol. The first-order chi connectivity index (χ1) is 9.88. The number of aryl methyl sites for hydroxylation is 1. The summed E-state index contributed by atoms with van der Waals surface area (Å²) < 4.78 is 0.740. The topological polar surface area (TPSA) is 69.6 Å². The largest absolute Gasteiger partial charge is 0.481 e. The Morgan fingerprint density at radius 3 is 2.86 bits per heavy atom. The summed E-state index contributed by atoms with van der Waals surface area (Å²) in [5.41, 5.74) is 1.48. The molecule has 1 aliphatic rings. The number of carboxylic acids is 1. The summed E-state index contributed by atoms with van der Waals surface area (Å²) in [4.78, 5) is 24.8. The summed E-state index contributed by atoms with van der Waals surface area (Å²) in [6.07, 6.45) is 1.30. The number of amides is 2. The molecule has 7 heteroatoms. The number of urea groups is 1. The molecule has 0 aromatic heterocycles. The van der Waals surface area contributed by atoms with Crippen LogP contribution in [0.5, 0.6) is 0 Å². The molecular weight excluding hydrogens is 360 g/mol. The molecule has 1 aromatic rings. The Kier molecular flexibility index (Phi) is 5.11. The predicted octanol–water partition coefficient (Wildman–Crippen LogP) is 3.74. The van der Waals surface area contributed by atoms with Gasteiger partial charge in [-0.25, -0.2) is 4.79 Å². The standard InChI is InChI=1S/C14H16BrClN2O3/c1-8-5-10(15)12(6-11(8)16)17-14(21)18-4-2-3-9(7-18)13(19)20/h5-6,9H,2-4,7H2,1H3,(H,17,21)(H,19,20)/t9-/m0/s1. The Morgan fingerprint density at radius 2 is 2.19 bits per heavy atom. The van der Waals surface area contributed by atoms with Crippen molar-refractivity contribution in [3.63, 3.8) is 0 Å². The lowest BCUT2D eigenvalue weighted by Gasteiger charge is -2.30. The number of halogens is 2. The second kappa shape index (κ2) is 6.66.